The first-order chi connectivity index (χ1) is 19.9. The number of aromatic nitrogens is 1. The first kappa shape index (κ1) is 29.4. The fourth-order valence-electron chi connectivity index (χ4n) is 6.64. The van der Waals surface area contributed by atoms with Gasteiger partial charge in [0, 0.05) is 35.8 Å². The SMILES string of the molecule is C/C=C(/C1=CC(C)C(C)Cc2ccccc21)N1C=CC(c2cnc(N3CCCCCCNC3)c(C)c2)=CC1C(C)C. The second kappa shape index (κ2) is 13.2. The Labute approximate surface area is 248 Å². The van der Waals surface area contributed by atoms with Crippen molar-refractivity contribution in [3.8, 4) is 0 Å². The molecule has 218 valence electrons. The number of hydrogen-bond donors (Lipinski definition) is 1. The van der Waals surface area contributed by atoms with Gasteiger partial charge in [-0.05, 0) is 91.8 Å². The summed E-state index contributed by atoms with van der Waals surface area (Å²) in [6.07, 6.45) is 20.2. The van der Waals surface area contributed by atoms with Crippen LogP contribution >= 0.6 is 0 Å². The van der Waals surface area contributed by atoms with Gasteiger partial charge in [0.1, 0.15) is 5.82 Å². The number of benzene rings is 1. The van der Waals surface area contributed by atoms with Crippen molar-refractivity contribution in [2.75, 3.05) is 24.7 Å². The maximum absolute atomic E-state index is 5.02. The van der Waals surface area contributed by atoms with Crippen LogP contribution in [0.25, 0.3) is 11.1 Å². The van der Waals surface area contributed by atoms with Gasteiger partial charge in [-0.1, -0.05) is 83.0 Å². The van der Waals surface area contributed by atoms with Crippen LogP contribution in [-0.2, 0) is 6.42 Å². The topological polar surface area (TPSA) is 31.4 Å². The zero-order valence-electron chi connectivity index (χ0n) is 26.2. The van der Waals surface area contributed by atoms with Crippen LogP contribution in [0.15, 0.2) is 72.7 Å². The van der Waals surface area contributed by atoms with Crippen molar-refractivity contribution in [3.05, 3.63) is 95.0 Å². The van der Waals surface area contributed by atoms with Crippen LogP contribution in [0.5, 0.6) is 0 Å². The summed E-state index contributed by atoms with van der Waals surface area (Å²) in [5.74, 6) is 2.70. The first-order valence-electron chi connectivity index (χ1n) is 15.9. The maximum atomic E-state index is 5.02. The fraction of sp³-hybridized carbons (Fsp3) is 0.486. The molecule has 1 N–H and O–H groups in total. The normalized spacial score (nSPS) is 24.2. The molecule has 1 fully saturated rings. The van der Waals surface area contributed by atoms with Crippen LogP contribution in [0.2, 0.25) is 0 Å². The van der Waals surface area contributed by atoms with E-state index in [1.54, 1.807) is 0 Å². The van der Waals surface area contributed by atoms with Crippen molar-refractivity contribution in [2.45, 2.75) is 79.7 Å². The van der Waals surface area contributed by atoms with Crippen LogP contribution < -0.4 is 10.2 Å². The number of rotatable bonds is 5. The van der Waals surface area contributed by atoms with Crippen molar-refractivity contribution >= 4 is 17.0 Å². The quantitative estimate of drug-likeness (QED) is 0.405. The Hall–Kier alpha value is -3.11. The van der Waals surface area contributed by atoms with Crippen LogP contribution in [0.1, 0.15) is 82.6 Å². The monoisotopic (exact) mass is 550 g/mol. The third-order valence-corrected chi connectivity index (χ3v) is 9.29. The molecule has 3 aliphatic rings. The molecule has 0 amide bonds. The van der Waals surface area contributed by atoms with Gasteiger partial charge in [-0.2, -0.15) is 0 Å². The molecule has 41 heavy (non-hydrogen) atoms. The molecule has 1 aromatic heterocycles. The lowest BCUT2D eigenvalue weighted by molar-refractivity contribution is 0.325. The Balaban J connectivity index is 1.44. The minimum absolute atomic E-state index is 0.257. The predicted molar refractivity (Wildman–Crippen MR) is 175 cm³/mol. The van der Waals surface area contributed by atoms with E-state index in [1.165, 1.54) is 64.8 Å². The summed E-state index contributed by atoms with van der Waals surface area (Å²) in [4.78, 5) is 9.95. The van der Waals surface area contributed by atoms with E-state index in [-0.39, 0.29) is 6.04 Å². The highest BCUT2D eigenvalue weighted by Crippen LogP contribution is 2.39. The molecule has 3 heterocycles. The molecule has 0 spiro atoms. The number of nitrogens with one attached hydrogen (secondary N) is 1. The molecule has 0 bridgehead atoms. The average Bonchev–Trinajstić information content (AvgIpc) is 3.04. The lowest BCUT2D eigenvalue weighted by Gasteiger charge is -2.37. The number of hydrogen-bond acceptors (Lipinski definition) is 4. The van der Waals surface area contributed by atoms with Crippen LogP contribution in [0.4, 0.5) is 5.82 Å². The van der Waals surface area contributed by atoms with Gasteiger partial charge in [0.2, 0.25) is 0 Å². The molecule has 4 heteroatoms. The van der Waals surface area contributed by atoms with E-state index < -0.39 is 0 Å². The Morgan fingerprint density at radius 3 is 2.66 bits per heavy atom. The second-order valence-electron chi connectivity index (χ2n) is 12.7. The van der Waals surface area contributed by atoms with E-state index >= 15 is 0 Å². The summed E-state index contributed by atoms with van der Waals surface area (Å²) < 4.78 is 0. The van der Waals surface area contributed by atoms with Crippen LogP contribution in [-0.4, -0.2) is 35.7 Å². The molecule has 0 radical (unpaired) electrons. The number of fused-ring (bicyclic) bond motifs is 1. The lowest BCUT2D eigenvalue weighted by atomic mass is 9.90. The van der Waals surface area contributed by atoms with E-state index in [1.807, 2.05) is 0 Å². The Kier molecular flexibility index (Phi) is 9.49. The Morgan fingerprint density at radius 2 is 1.88 bits per heavy atom. The molecule has 3 atom stereocenters. The van der Waals surface area contributed by atoms with Gasteiger partial charge in [0.15, 0.2) is 0 Å². The van der Waals surface area contributed by atoms with Gasteiger partial charge < -0.3 is 9.80 Å². The Morgan fingerprint density at radius 1 is 1.07 bits per heavy atom. The number of nitrogens with zero attached hydrogens (tertiary/aromatic N) is 3. The summed E-state index contributed by atoms with van der Waals surface area (Å²) in [5.41, 5.74) is 9.22. The zero-order valence-corrected chi connectivity index (χ0v) is 26.2. The van der Waals surface area contributed by atoms with Crippen molar-refractivity contribution in [1.29, 1.82) is 0 Å². The molecule has 4 nitrogen and oxygen atoms in total. The molecule has 0 saturated carbocycles. The highest BCUT2D eigenvalue weighted by Gasteiger charge is 2.29. The van der Waals surface area contributed by atoms with Crippen LogP contribution in [0, 0.1) is 24.7 Å². The number of allylic oxidation sites excluding steroid dienone is 5. The highest BCUT2D eigenvalue weighted by atomic mass is 15.3. The molecule has 1 aromatic carbocycles. The molecule has 2 aliphatic heterocycles. The molecule has 1 aliphatic carbocycles. The maximum Gasteiger partial charge on any atom is 0.132 e. The smallest absolute Gasteiger partial charge is 0.132 e. The summed E-state index contributed by atoms with van der Waals surface area (Å²) >= 11 is 0. The molecular weight excluding hydrogens is 500 g/mol. The summed E-state index contributed by atoms with van der Waals surface area (Å²) in [6.45, 7) is 16.9. The summed E-state index contributed by atoms with van der Waals surface area (Å²) in [6, 6.07) is 11.6. The van der Waals surface area contributed by atoms with E-state index in [4.69, 9.17) is 4.98 Å². The molecule has 5 rings (SSSR count). The summed E-state index contributed by atoms with van der Waals surface area (Å²) in [7, 11) is 0. The van der Waals surface area contributed by atoms with Crippen LogP contribution in [0.3, 0.4) is 0 Å². The molecular formula is C37H50N4. The van der Waals surface area contributed by atoms with Crippen molar-refractivity contribution < 1.29 is 0 Å². The third-order valence-electron chi connectivity index (χ3n) is 9.29. The van der Waals surface area contributed by atoms with Gasteiger partial charge in [-0.15, -0.1) is 0 Å². The standard InChI is InChI=1S/C37H50N4/c1-7-35(34-22-28(5)27(4)20-31-14-10-11-15-33(31)34)41-19-16-30(23-36(41)26(2)3)32-21-29(6)37(39-24-32)40-18-13-9-8-12-17-38-25-40/h7,10-11,14-16,19,21-24,26-28,36,38H,8-9,12-13,17-18,20,25H2,1-6H3/b35-7-. The van der Waals surface area contributed by atoms with Crippen molar-refractivity contribution in [1.82, 2.24) is 15.2 Å². The third kappa shape index (κ3) is 6.54. The molecule has 3 unspecified atom stereocenters. The number of pyridine rings is 1. The van der Waals surface area contributed by atoms with Gasteiger partial charge in [0.25, 0.3) is 0 Å². The highest BCUT2D eigenvalue weighted by molar-refractivity contribution is 5.82. The van der Waals surface area contributed by atoms with E-state index in [0.29, 0.717) is 17.8 Å². The second-order valence-corrected chi connectivity index (χ2v) is 12.7. The summed E-state index contributed by atoms with van der Waals surface area (Å²) in [5, 5.41) is 3.61. The van der Waals surface area contributed by atoms with Gasteiger partial charge in [-0.3, -0.25) is 5.32 Å². The number of anilines is 1. The molecule has 1 saturated heterocycles. The zero-order chi connectivity index (χ0) is 28.9. The molecule has 2 aromatic rings. The van der Waals surface area contributed by atoms with E-state index in [0.717, 1.165) is 32.0 Å². The fourth-order valence-corrected chi connectivity index (χ4v) is 6.64. The van der Waals surface area contributed by atoms with E-state index in [9.17, 15) is 0 Å². The number of aryl methyl sites for hydroxylation is 1. The van der Waals surface area contributed by atoms with Gasteiger partial charge >= 0.3 is 0 Å². The Bertz CT molecular complexity index is 1320. The van der Waals surface area contributed by atoms with Gasteiger partial charge in [0.05, 0.1) is 12.7 Å². The average molecular weight is 551 g/mol. The van der Waals surface area contributed by atoms with E-state index in [2.05, 4.69) is 124 Å². The van der Waals surface area contributed by atoms with Crippen molar-refractivity contribution in [3.63, 3.8) is 0 Å². The minimum atomic E-state index is 0.257. The minimum Gasteiger partial charge on any atom is -0.344 e. The largest absolute Gasteiger partial charge is 0.344 e. The van der Waals surface area contributed by atoms with Crippen molar-refractivity contribution in [2.24, 2.45) is 17.8 Å². The predicted octanol–water partition coefficient (Wildman–Crippen LogP) is 8.37. The lowest BCUT2D eigenvalue weighted by Crippen LogP contribution is -2.36. The first-order valence-corrected chi connectivity index (χ1v) is 15.9. The van der Waals surface area contributed by atoms with Gasteiger partial charge in [-0.25, -0.2) is 4.98 Å².